The van der Waals surface area contributed by atoms with Crippen LogP contribution in [0.15, 0.2) is 0 Å². The van der Waals surface area contributed by atoms with Gasteiger partial charge in [0.1, 0.15) is 18.1 Å². The first kappa shape index (κ1) is 24.7. The number of carboxylic acids is 1. The van der Waals surface area contributed by atoms with Crippen molar-refractivity contribution in [2.45, 2.75) is 70.2 Å². The van der Waals surface area contributed by atoms with Crippen LogP contribution >= 0.6 is 0 Å². The fraction of sp³-hybridized carbons (Fsp3) is 0.733. The van der Waals surface area contributed by atoms with Crippen LogP contribution in [0.5, 0.6) is 0 Å². The standard InChI is InChI=1S/C15H28N4O8/c1-5(17-13(24)9(16)6(2)20)12(23)18-10(7(3)21)14(25)19-11(8(4)22)15(26)27/h5-11,20-22H,16H2,1-4H3,(H,17,24)(H,18,23)(H,19,25)(H,26,27). The highest BCUT2D eigenvalue weighted by atomic mass is 16.4. The van der Waals surface area contributed by atoms with Crippen LogP contribution in [0.25, 0.3) is 0 Å². The molecule has 0 bridgehead atoms. The van der Waals surface area contributed by atoms with Crippen LogP contribution < -0.4 is 21.7 Å². The van der Waals surface area contributed by atoms with Gasteiger partial charge >= 0.3 is 5.97 Å². The second kappa shape index (κ2) is 10.8. The molecule has 7 atom stereocenters. The number of amides is 3. The maximum Gasteiger partial charge on any atom is 0.328 e. The average molecular weight is 392 g/mol. The molecule has 0 aliphatic heterocycles. The van der Waals surface area contributed by atoms with Gasteiger partial charge in [-0.3, -0.25) is 14.4 Å². The lowest BCUT2D eigenvalue weighted by molar-refractivity contribution is -0.146. The molecule has 0 aliphatic rings. The number of aliphatic carboxylic acids is 1. The number of nitrogens with two attached hydrogens (primary N) is 1. The highest BCUT2D eigenvalue weighted by molar-refractivity contribution is 5.94. The number of hydrogen-bond acceptors (Lipinski definition) is 8. The van der Waals surface area contributed by atoms with Crippen LogP contribution in [-0.4, -0.2) is 86.6 Å². The zero-order chi connectivity index (χ0) is 21.5. The van der Waals surface area contributed by atoms with E-state index in [1.807, 2.05) is 5.32 Å². The summed E-state index contributed by atoms with van der Waals surface area (Å²) < 4.78 is 0. The van der Waals surface area contributed by atoms with Crippen LogP contribution in [0, 0.1) is 0 Å². The Kier molecular flexibility index (Phi) is 9.86. The minimum absolute atomic E-state index is 0.800. The summed E-state index contributed by atoms with van der Waals surface area (Å²) in [4.78, 5) is 47.1. The van der Waals surface area contributed by atoms with E-state index in [4.69, 9.17) is 10.8 Å². The summed E-state index contributed by atoms with van der Waals surface area (Å²) in [5, 5.41) is 43.8. The topological polar surface area (TPSA) is 211 Å². The molecule has 7 unspecified atom stereocenters. The second-order valence-corrected chi connectivity index (χ2v) is 6.29. The van der Waals surface area contributed by atoms with Gasteiger partial charge in [0.05, 0.1) is 18.3 Å². The van der Waals surface area contributed by atoms with Crippen LogP contribution in [-0.2, 0) is 19.2 Å². The molecule has 27 heavy (non-hydrogen) atoms. The van der Waals surface area contributed by atoms with E-state index in [1.54, 1.807) is 0 Å². The first-order chi connectivity index (χ1) is 12.3. The minimum Gasteiger partial charge on any atom is -0.480 e. The molecule has 0 spiro atoms. The molecule has 0 aromatic heterocycles. The van der Waals surface area contributed by atoms with Crippen molar-refractivity contribution in [3.8, 4) is 0 Å². The molecular formula is C15H28N4O8. The molecule has 12 nitrogen and oxygen atoms in total. The Morgan fingerprint density at radius 1 is 0.704 bits per heavy atom. The van der Waals surface area contributed by atoms with E-state index in [-0.39, 0.29) is 0 Å². The molecule has 0 rings (SSSR count). The van der Waals surface area contributed by atoms with E-state index in [0.717, 1.165) is 6.92 Å². The average Bonchev–Trinajstić information content (AvgIpc) is 2.54. The fourth-order valence-electron chi connectivity index (χ4n) is 1.91. The largest absolute Gasteiger partial charge is 0.480 e. The Balaban J connectivity index is 5.03. The van der Waals surface area contributed by atoms with Gasteiger partial charge in [-0.05, 0) is 27.7 Å². The summed E-state index contributed by atoms with van der Waals surface area (Å²) in [7, 11) is 0. The van der Waals surface area contributed by atoms with E-state index in [9.17, 15) is 34.5 Å². The maximum absolute atomic E-state index is 12.2. The van der Waals surface area contributed by atoms with E-state index < -0.39 is 66.2 Å². The van der Waals surface area contributed by atoms with Crippen LogP contribution in [0.2, 0.25) is 0 Å². The number of rotatable bonds is 10. The molecule has 0 aromatic carbocycles. The molecule has 12 heteroatoms. The molecular weight excluding hydrogens is 364 g/mol. The zero-order valence-electron chi connectivity index (χ0n) is 15.5. The molecule has 3 amide bonds. The van der Waals surface area contributed by atoms with Gasteiger partial charge in [0.15, 0.2) is 6.04 Å². The highest BCUT2D eigenvalue weighted by Gasteiger charge is 2.33. The quantitative estimate of drug-likeness (QED) is 0.182. The van der Waals surface area contributed by atoms with E-state index in [2.05, 4.69) is 10.6 Å². The summed E-state index contributed by atoms with van der Waals surface area (Å²) in [5.41, 5.74) is 5.44. The molecule has 0 aromatic rings. The Labute approximate surface area is 156 Å². The lowest BCUT2D eigenvalue weighted by Gasteiger charge is -2.26. The van der Waals surface area contributed by atoms with Gasteiger partial charge in [-0.25, -0.2) is 4.79 Å². The third-order valence-electron chi connectivity index (χ3n) is 3.68. The van der Waals surface area contributed by atoms with Gasteiger partial charge in [-0.2, -0.15) is 0 Å². The van der Waals surface area contributed by atoms with Crippen molar-refractivity contribution in [1.82, 2.24) is 16.0 Å². The van der Waals surface area contributed by atoms with E-state index in [1.165, 1.54) is 20.8 Å². The Morgan fingerprint density at radius 2 is 1.15 bits per heavy atom. The minimum atomic E-state index is -1.64. The fourth-order valence-corrected chi connectivity index (χ4v) is 1.91. The summed E-state index contributed by atoms with van der Waals surface area (Å²) in [6.45, 7) is 4.92. The van der Waals surface area contributed by atoms with Crippen LogP contribution in [0.3, 0.4) is 0 Å². The van der Waals surface area contributed by atoms with Crippen molar-refractivity contribution in [3.05, 3.63) is 0 Å². The van der Waals surface area contributed by atoms with Crippen molar-refractivity contribution < 1.29 is 39.6 Å². The molecule has 0 saturated carbocycles. The first-order valence-electron chi connectivity index (χ1n) is 8.23. The zero-order valence-corrected chi connectivity index (χ0v) is 15.5. The molecule has 0 aliphatic carbocycles. The number of nitrogens with one attached hydrogen (secondary N) is 3. The Bertz CT molecular complexity index is 552. The van der Waals surface area contributed by atoms with Crippen LogP contribution in [0.1, 0.15) is 27.7 Å². The number of carbonyl (C=O) groups excluding carboxylic acids is 3. The van der Waals surface area contributed by atoms with Gasteiger partial charge in [-0.1, -0.05) is 0 Å². The summed E-state index contributed by atoms with van der Waals surface area (Å²) in [6, 6.07) is -5.61. The van der Waals surface area contributed by atoms with Gasteiger partial charge in [0.25, 0.3) is 0 Å². The first-order valence-corrected chi connectivity index (χ1v) is 8.23. The number of aliphatic hydroxyl groups is 3. The molecule has 9 N–H and O–H groups in total. The maximum atomic E-state index is 12.2. The second-order valence-electron chi connectivity index (χ2n) is 6.29. The summed E-state index contributed by atoms with van der Waals surface area (Å²) in [6.07, 6.45) is -3.97. The van der Waals surface area contributed by atoms with Crippen molar-refractivity contribution in [1.29, 1.82) is 0 Å². The lowest BCUT2D eigenvalue weighted by atomic mass is 10.1. The van der Waals surface area contributed by atoms with Crippen molar-refractivity contribution in [2.24, 2.45) is 5.73 Å². The van der Waals surface area contributed by atoms with Crippen LogP contribution in [0.4, 0.5) is 0 Å². The lowest BCUT2D eigenvalue weighted by Crippen LogP contribution is -2.60. The Hall–Kier alpha value is -2.28. The number of carbonyl (C=O) groups is 4. The number of carboxylic acid groups (broad SMARTS) is 1. The van der Waals surface area contributed by atoms with Crippen molar-refractivity contribution in [2.75, 3.05) is 0 Å². The SMILES string of the molecule is CC(NC(=O)C(N)C(C)O)C(=O)NC(C(=O)NC(C(=O)O)C(C)O)C(C)O. The van der Waals surface area contributed by atoms with Gasteiger partial charge in [-0.15, -0.1) is 0 Å². The number of hydrogen-bond donors (Lipinski definition) is 8. The third kappa shape index (κ3) is 7.86. The number of aliphatic hydroxyl groups excluding tert-OH is 3. The Morgan fingerprint density at radius 3 is 1.52 bits per heavy atom. The van der Waals surface area contributed by atoms with Gasteiger partial charge in [0.2, 0.25) is 17.7 Å². The molecule has 0 fully saturated rings. The van der Waals surface area contributed by atoms with Gasteiger partial charge in [0, 0.05) is 0 Å². The summed E-state index contributed by atoms with van der Waals surface area (Å²) >= 11 is 0. The molecule has 0 heterocycles. The molecule has 0 radical (unpaired) electrons. The smallest absolute Gasteiger partial charge is 0.328 e. The van der Waals surface area contributed by atoms with Gasteiger partial charge < -0.3 is 42.1 Å². The van der Waals surface area contributed by atoms with Crippen molar-refractivity contribution in [3.63, 3.8) is 0 Å². The molecule has 156 valence electrons. The van der Waals surface area contributed by atoms with E-state index in [0.29, 0.717) is 0 Å². The third-order valence-corrected chi connectivity index (χ3v) is 3.68. The van der Waals surface area contributed by atoms with E-state index >= 15 is 0 Å². The monoisotopic (exact) mass is 392 g/mol. The predicted octanol–water partition coefficient (Wildman–Crippen LogP) is -3.98. The summed E-state index contributed by atoms with van der Waals surface area (Å²) in [5.74, 6) is -4.19. The predicted molar refractivity (Wildman–Crippen MR) is 92.1 cm³/mol. The van der Waals surface area contributed by atoms with Crippen molar-refractivity contribution >= 4 is 23.7 Å². The highest BCUT2D eigenvalue weighted by Crippen LogP contribution is 2.00. The molecule has 0 saturated heterocycles. The normalized spacial score (nSPS) is 18.8.